The van der Waals surface area contributed by atoms with Crippen molar-refractivity contribution in [1.29, 1.82) is 0 Å². The summed E-state index contributed by atoms with van der Waals surface area (Å²) >= 11 is 0. The number of nitrogens with one attached hydrogen (secondary N) is 1. The van der Waals surface area contributed by atoms with E-state index in [0.29, 0.717) is 23.8 Å². The van der Waals surface area contributed by atoms with Crippen LogP contribution in [-0.2, 0) is 6.54 Å². The number of nitro benzene ring substituents is 1. The number of para-hydroxylation sites is 2. The number of imidazole rings is 1. The number of hydrogen-bond acceptors (Lipinski definition) is 5. The number of rotatable bonds is 7. The fraction of sp³-hybridized carbons (Fsp3) is 0.0909. The first kappa shape index (κ1) is 20.0. The van der Waals surface area contributed by atoms with Gasteiger partial charge in [-0.05, 0) is 48.5 Å². The first-order valence-electron chi connectivity index (χ1n) is 9.41. The fourth-order valence-corrected chi connectivity index (χ4v) is 3.09. The number of aromatic nitrogens is 2. The molecule has 0 saturated carbocycles. The van der Waals surface area contributed by atoms with E-state index in [0.717, 1.165) is 5.52 Å². The molecule has 4 rings (SSSR count). The quantitative estimate of drug-likeness (QED) is 0.353. The van der Waals surface area contributed by atoms with Gasteiger partial charge in [-0.2, -0.15) is 0 Å². The van der Waals surface area contributed by atoms with E-state index in [1.165, 1.54) is 36.4 Å². The Morgan fingerprint density at radius 1 is 1.06 bits per heavy atom. The van der Waals surface area contributed by atoms with Crippen LogP contribution in [0, 0.1) is 15.9 Å². The lowest BCUT2D eigenvalue weighted by Crippen LogP contribution is -2.18. The number of nitrogens with zero attached hydrogens (tertiary/aromatic N) is 3. The summed E-state index contributed by atoms with van der Waals surface area (Å²) in [6.45, 7) is 0.653. The van der Waals surface area contributed by atoms with E-state index in [1.807, 2.05) is 28.8 Å². The first-order valence-corrected chi connectivity index (χ1v) is 9.41. The summed E-state index contributed by atoms with van der Waals surface area (Å²) in [4.78, 5) is 27.4. The fourth-order valence-electron chi connectivity index (χ4n) is 3.09. The molecule has 0 spiro atoms. The van der Waals surface area contributed by atoms with Crippen LogP contribution in [0.5, 0.6) is 5.75 Å². The number of halogens is 1. The molecule has 1 N–H and O–H groups in total. The highest BCUT2D eigenvalue weighted by Gasteiger charge is 2.15. The summed E-state index contributed by atoms with van der Waals surface area (Å²) in [5.41, 5.74) is 1.68. The van der Waals surface area contributed by atoms with Crippen molar-refractivity contribution in [3.8, 4) is 5.75 Å². The minimum atomic E-state index is -0.526. The van der Waals surface area contributed by atoms with Crippen LogP contribution in [0.15, 0.2) is 72.8 Å². The van der Waals surface area contributed by atoms with Crippen molar-refractivity contribution < 1.29 is 18.8 Å². The molecule has 31 heavy (non-hydrogen) atoms. The number of non-ortho nitro benzene ring substituents is 1. The molecular formula is C22H17FN4O4. The molecule has 0 bridgehead atoms. The molecule has 4 aromatic rings. The average Bonchev–Trinajstić information content (AvgIpc) is 3.12. The van der Waals surface area contributed by atoms with Crippen LogP contribution in [0.2, 0.25) is 0 Å². The Kier molecular flexibility index (Phi) is 5.57. The number of anilines is 1. The van der Waals surface area contributed by atoms with E-state index in [9.17, 15) is 19.3 Å². The number of ether oxygens (including phenoxy) is 1. The summed E-state index contributed by atoms with van der Waals surface area (Å²) in [5.74, 6) is 0.0737. The van der Waals surface area contributed by atoms with Crippen molar-refractivity contribution >= 4 is 28.6 Å². The maximum atomic E-state index is 13.0. The van der Waals surface area contributed by atoms with Crippen LogP contribution >= 0.6 is 0 Å². The van der Waals surface area contributed by atoms with Crippen molar-refractivity contribution in [2.24, 2.45) is 0 Å². The molecule has 156 valence electrons. The molecule has 1 amide bonds. The van der Waals surface area contributed by atoms with Crippen LogP contribution in [0.3, 0.4) is 0 Å². The highest BCUT2D eigenvalue weighted by atomic mass is 19.1. The molecule has 3 aromatic carbocycles. The molecule has 0 atom stereocenters. The number of nitro groups is 1. The Morgan fingerprint density at radius 2 is 1.77 bits per heavy atom. The number of amides is 1. The zero-order chi connectivity index (χ0) is 21.8. The summed E-state index contributed by atoms with van der Waals surface area (Å²) in [5, 5.41) is 13.6. The number of fused-ring (bicyclic) bond motifs is 1. The second-order valence-electron chi connectivity index (χ2n) is 6.64. The number of carbonyl (C=O) groups excluding carboxylic acids is 1. The van der Waals surface area contributed by atoms with Gasteiger partial charge in [0.15, 0.2) is 0 Å². The number of benzene rings is 3. The molecule has 0 unspecified atom stereocenters. The van der Waals surface area contributed by atoms with E-state index in [1.54, 1.807) is 12.1 Å². The summed E-state index contributed by atoms with van der Waals surface area (Å²) in [6, 6.07) is 18.4. The molecule has 0 aliphatic rings. The third kappa shape index (κ3) is 4.50. The Hall–Kier alpha value is -4.27. The van der Waals surface area contributed by atoms with Gasteiger partial charge in [-0.1, -0.05) is 12.1 Å². The van der Waals surface area contributed by atoms with E-state index in [2.05, 4.69) is 10.3 Å². The van der Waals surface area contributed by atoms with Crippen molar-refractivity contribution in [3.63, 3.8) is 0 Å². The zero-order valence-electron chi connectivity index (χ0n) is 16.2. The molecule has 1 aromatic heterocycles. The maximum Gasteiger partial charge on any atom is 0.269 e. The zero-order valence-corrected chi connectivity index (χ0v) is 16.2. The van der Waals surface area contributed by atoms with Gasteiger partial charge in [-0.25, -0.2) is 9.37 Å². The molecule has 9 heteroatoms. The summed E-state index contributed by atoms with van der Waals surface area (Å²) < 4.78 is 20.5. The van der Waals surface area contributed by atoms with Crippen molar-refractivity contribution in [3.05, 3.63) is 94.3 Å². The maximum absolute atomic E-state index is 13.0. The molecule has 0 saturated heterocycles. The lowest BCUT2D eigenvalue weighted by atomic mass is 10.2. The lowest BCUT2D eigenvalue weighted by molar-refractivity contribution is -0.384. The highest BCUT2D eigenvalue weighted by molar-refractivity contribution is 6.04. The van der Waals surface area contributed by atoms with E-state index < -0.39 is 10.8 Å². The van der Waals surface area contributed by atoms with Gasteiger partial charge < -0.3 is 9.30 Å². The molecule has 0 aliphatic heterocycles. The predicted octanol–water partition coefficient (Wildman–Crippen LogP) is 4.41. The van der Waals surface area contributed by atoms with Gasteiger partial charge in [0.25, 0.3) is 11.6 Å². The Balaban J connectivity index is 1.53. The Labute approximate surface area is 176 Å². The van der Waals surface area contributed by atoms with Crippen LogP contribution in [0.25, 0.3) is 11.0 Å². The standard InChI is InChI=1S/C22H17FN4O4/c23-16-7-11-18(12-8-16)31-14-13-26-20-4-2-1-3-19(20)24-22(26)25-21(28)15-5-9-17(10-6-15)27(29)30/h1-12H,13-14H2,(H,24,25,28). The average molecular weight is 420 g/mol. The van der Waals surface area contributed by atoms with Crippen LogP contribution in [0.4, 0.5) is 16.0 Å². The van der Waals surface area contributed by atoms with E-state index in [-0.39, 0.29) is 23.7 Å². The van der Waals surface area contributed by atoms with Crippen LogP contribution in [-0.4, -0.2) is 27.0 Å². The smallest absolute Gasteiger partial charge is 0.269 e. The van der Waals surface area contributed by atoms with E-state index in [4.69, 9.17) is 4.74 Å². The predicted molar refractivity (Wildman–Crippen MR) is 113 cm³/mol. The van der Waals surface area contributed by atoms with Gasteiger partial charge in [0, 0.05) is 17.7 Å². The second kappa shape index (κ2) is 8.62. The van der Waals surface area contributed by atoms with Gasteiger partial charge >= 0.3 is 0 Å². The Bertz CT molecular complexity index is 1240. The normalized spacial score (nSPS) is 10.7. The molecule has 8 nitrogen and oxygen atoms in total. The van der Waals surface area contributed by atoms with Crippen molar-refractivity contribution in [1.82, 2.24) is 9.55 Å². The molecule has 0 aliphatic carbocycles. The lowest BCUT2D eigenvalue weighted by Gasteiger charge is -2.11. The van der Waals surface area contributed by atoms with Gasteiger partial charge in [-0.15, -0.1) is 0 Å². The molecule has 0 fully saturated rings. The van der Waals surface area contributed by atoms with Crippen molar-refractivity contribution in [2.75, 3.05) is 11.9 Å². The van der Waals surface area contributed by atoms with Gasteiger partial charge in [-0.3, -0.25) is 20.2 Å². The topological polar surface area (TPSA) is 99.3 Å². The highest BCUT2D eigenvalue weighted by Crippen LogP contribution is 2.21. The monoisotopic (exact) mass is 420 g/mol. The SMILES string of the molecule is O=C(Nc1nc2ccccc2n1CCOc1ccc(F)cc1)c1ccc([N+](=O)[O-])cc1. The van der Waals surface area contributed by atoms with Crippen LogP contribution < -0.4 is 10.1 Å². The molecule has 1 heterocycles. The van der Waals surface area contributed by atoms with Gasteiger partial charge in [0.2, 0.25) is 5.95 Å². The largest absolute Gasteiger partial charge is 0.492 e. The minimum Gasteiger partial charge on any atom is -0.492 e. The minimum absolute atomic E-state index is 0.0956. The molecular weight excluding hydrogens is 403 g/mol. The number of hydrogen-bond donors (Lipinski definition) is 1. The summed E-state index contributed by atoms with van der Waals surface area (Å²) in [6.07, 6.45) is 0. The Morgan fingerprint density at radius 3 is 2.48 bits per heavy atom. The van der Waals surface area contributed by atoms with Crippen LogP contribution in [0.1, 0.15) is 10.4 Å². The molecule has 0 radical (unpaired) electrons. The van der Waals surface area contributed by atoms with Gasteiger partial charge in [0.05, 0.1) is 22.5 Å². The third-order valence-corrected chi connectivity index (χ3v) is 4.62. The third-order valence-electron chi connectivity index (χ3n) is 4.62. The van der Waals surface area contributed by atoms with Crippen molar-refractivity contribution in [2.45, 2.75) is 6.54 Å². The second-order valence-corrected chi connectivity index (χ2v) is 6.64. The summed E-state index contributed by atoms with van der Waals surface area (Å²) in [7, 11) is 0. The number of carbonyl (C=O) groups is 1. The van der Waals surface area contributed by atoms with E-state index >= 15 is 0 Å². The van der Waals surface area contributed by atoms with Gasteiger partial charge in [0.1, 0.15) is 18.2 Å². The first-order chi connectivity index (χ1) is 15.0.